The monoisotopic (exact) mass is 243 g/mol. The van der Waals surface area contributed by atoms with Crippen LogP contribution in [0, 0.1) is 13.8 Å². The molecule has 2 rings (SSSR count). The lowest BCUT2D eigenvalue weighted by atomic mass is 10.1. The Hall–Kier alpha value is -1.77. The average Bonchev–Trinajstić information content (AvgIpc) is 2.66. The number of anilines is 1. The Labute approximate surface area is 109 Å². The molecule has 0 amide bonds. The van der Waals surface area contributed by atoms with E-state index in [0.717, 1.165) is 18.7 Å². The molecule has 0 fully saturated rings. The van der Waals surface area contributed by atoms with Crippen LogP contribution in [-0.2, 0) is 20.0 Å². The number of hydrogen-bond donors (Lipinski definition) is 1. The van der Waals surface area contributed by atoms with Crippen molar-refractivity contribution in [1.82, 2.24) is 9.78 Å². The van der Waals surface area contributed by atoms with Gasteiger partial charge >= 0.3 is 0 Å². The summed E-state index contributed by atoms with van der Waals surface area (Å²) in [7, 11) is 2.00. The van der Waals surface area contributed by atoms with E-state index in [9.17, 15) is 0 Å². The summed E-state index contributed by atoms with van der Waals surface area (Å²) in [6, 6.07) is 8.69. The van der Waals surface area contributed by atoms with E-state index in [1.54, 1.807) is 0 Å². The summed E-state index contributed by atoms with van der Waals surface area (Å²) in [5.74, 6) is 0. The van der Waals surface area contributed by atoms with E-state index in [-0.39, 0.29) is 0 Å². The van der Waals surface area contributed by atoms with Gasteiger partial charge in [0.05, 0.1) is 17.9 Å². The molecule has 3 nitrogen and oxygen atoms in total. The number of benzene rings is 1. The van der Waals surface area contributed by atoms with E-state index < -0.39 is 0 Å². The molecule has 0 radical (unpaired) electrons. The first-order chi connectivity index (χ1) is 8.58. The Morgan fingerprint density at radius 1 is 1.11 bits per heavy atom. The molecule has 2 aromatic rings. The molecule has 0 unspecified atom stereocenters. The maximum atomic E-state index is 4.45. The Kier molecular flexibility index (Phi) is 3.70. The fourth-order valence-electron chi connectivity index (χ4n) is 2.18. The fourth-order valence-corrected chi connectivity index (χ4v) is 2.18. The molecule has 1 aromatic heterocycles. The highest BCUT2D eigenvalue weighted by molar-refractivity contribution is 5.48. The van der Waals surface area contributed by atoms with Crippen molar-refractivity contribution in [1.29, 1.82) is 0 Å². The van der Waals surface area contributed by atoms with Crippen molar-refractivity contribution < 1.29 is 0 Å². The van der Waals surface area contributed by atoms with Gasteiger partial charge < -0.3 is 5.32 Å². The lowest BCUT2D eigenvalue weighted by Gasteiger charge is -2.08. The van der Waals surface area contributed by atoms with Crippen LogP contribution in [-0.4, -0.2) is 9.78 Å². The minimum Gasteiger partial charge on any atom is -0.379 e. The molecule has 0 aliphatic rings. The summed E-state index contributed by atoms with van der Waals surface area (Å²) in [5, 5.41) is 7.91. The first kappa shape index (κ1) is 12.7. The predicted molar refractivity (Wildman–Crippen MR) is 75.8 cm³/mol. The molecule has 0 saturated heterocycles. The molecule has 0 atom stereocenters. The third kappa shape index (κ3) is 2.92. The third-order valence-electron chi connectivity index (χ3n) is 3.08. The molecule has 18 heavy (non-hydrogen) atoms. The van der Waals surface area contributed by atoms with Gasteiger partial charge in [0.1, 0.15) is 0 Å². The molecule has 0 aliphatic carbocycles. The summed E-state index contributed by atoms with van der Waals surface area (Å²) in [6.45, 7) is 7.19. The topological polar surface area (TPSA) is 29.9 Å². The van der Waals surface area contributed by atoms with E-state index in [4.69, 9.17) is 0 Å². The lowest BCUT2D eigenvalue weighted by molar-refractivity contribution is 0.707. The Bertz CT molecular complexity index is 520. The van der Waals surface area contributed by atoms with E-state index in [1.165, 1.54) is 22.5 Å². The first-order valence-electron chi connectivity index (χ1n) is 6.42. The van der Waals surface area contributed by atoms with Crippen LogP contribution in [0.15, 0.2) is 24.3 Å². The van der Waals surface area contributed by atoms with E-state index >= 15 is 0 Å². The van der Waals surface area contributed by atoms with Crippen molar-refractivity contribution >= 4 is 5.69 Å². The van der Waals surface area contributed by atoms with Gasteiger partial charge in [-0.25, -0.2) is 0 Å². The van der Waals surface area contributed by atoms with E-state index in [2.05, 4.69) is 55.5 Å². The van der Waals surface area contributed by atoms with Gasteiger partial charge in [-0.2, -0.15) is 5.10 Å². The van der Waals surface area contributed by atoms with Gasteiger partial charge in [0.15, 0.2) is 0 Å². The van der Waals surface area contributed by atoms with Crippen LogP contribution in [0.4, 0.5) is 5.69 Å². The second kappa shape index (κ2) is 5.25. The summed E-state index contributed by atoms with van der Waals surface area (Å²) in [5.41, 5.74) is 6.11. The SMILES string of the molecule is CCc1cc(CNc2cc(C)cc(C)c2)n(C)n1. The molecular weight excluding hydrogens is 222 g/mol. The van der Waals surface area contributed by atoms with Crippen LogP contribution in [0.2, 0.25) is 0 Å². The highest BCUT2D eigenvalue weighted by atomic mass is 15.3. The summed E-state index contributed by atoms with van der Waals surface area (Å²) in [6.07, 6.45) is 0.984. The Morgan fingerprint density at radius 2 is 1.78 bits per heavy atom. The molecule has 1 heterocycles. The number of aryl methyl sites for hydroxylation is 4. The fraction of sp³-hybridized carbons (Fsp3) is 0.400. The molecule has 0 aliphatic heterocycles. The number of nitrogens with zero attached hydrogens (tertiary/aromatic N) is 2. The van der Waals surface area contributed by atoms with Crippen LogP contribution in [0.5, 0.6) is 0 Å². The third-order valence-corrected chi connectivity index (χ3v) is 3.08. The predicted octanol–water partition coefficient (Wildman–Crippen LogP) is 3.21. The summed E-state index contributed by atoms with van der Waals surface area (Å²) in [4.78, 5) is 0. The van der Waals surface area contributed by atoms with Gasteiger partial charge in [0, 0.05) is 12.7 Å². The summed E-state index contributed by atoms with van der Waals surface area (Å²) < 4.78 is 1.95. The average molecular weight is 243 g/mol. The standard InChI is InChI=1S/C15H21N3/c1-5-13-9-15(18(4)17-13)10-16-14-7-11(2)6-12(3)8-14/h6-9,16H,5,10H2,1-4H3. The maximum absolute atomic E-state index is 4.45. The zero-order valence-corrected chi connectivity index (χ0v) is 11.6. The summed E-state index contributed by atoms with van der Waals surface area (Å²) >= 11 is 0. The van der Waals surface area contributed by atoms with Crippen molar-refractivity contribution in [3.05, 3.63) is 46.8 Å². The van der Waals surface area contributed by atoms with Gasteiger partial charge in [0.25, 0.3) is 0 Å². The maximum Gasteiger partial charge on any atom is 0.0625 e. The molecular formula is C15H21N3. The molecule has 3 heteroatoms. The largest absolute Gasteiger partial charge is 0.379 e. The van der Waals surface area contributed by atoms with Crippen molar-refractivity contribution in [2.45, 2.75) is 33.7 Å². The van der Waals surface area contributed by atoms with Crippen LogP contribution in [0.3, 0.4) is 0 Å². The Balaban J connectivity index is 2.08. The zero-order valence-electron chi connectivity index (χ0n) is 11.6. The number of aromatic nitrogens is 2. The minimum atomic E-state index is 0.812. The quantitative estimate of drug-likeness (QED) is 0.893. The van der Waals surface area contributed by atoms with Crippen molar-refractivity contribution in [2.24, 2.45) is 7.05 Å². The second-order valence-corrected chi connectivity index (χ2v) is 4.83. The normalized spacial score (nSPS) is 10.7. The molecule has 1 aromatic carbocycles. The van der Waals surface area contributed by atoms with Crippen molar-refractivity contribution in [3.63, 3.8) is 0 Å². The van der Waals surface area contributed by atoms with Gasteiger partial charge in [-0.3, -0.25) is 4.68 Å². The highest BCUT2D eigenvalue weighted by Crippen LogP contribution is 2.15. The van der Waals surface area contributed by atoms with E-state index in [0.29, 0.717) is 0 Å². The van der Waals surface area contributed by atoms with Crippen molar-refractivity contribution in [2.75, 3.05) is 5.32 Å². The number of rotatable bonds is 4. The van der Waals surface area contributed by atoms with Gasteiger partial charge in [-0.1, -0.05) is 13.0 Å². The molecule has 1 N–H and O–H groups in total. The van der Waals surface area contributed by atoms with Gasteiger partial charge in [0.2, 0.25) is 0 Å². The number of nitrogens with one attached hydrogen (secondary N) is 1. The van der Waals surface area contributed by atoms with E-state index in [1.807, 2.05) is 11.7 Å². The zero-order chi connectivity index (χ0) is 13.1. The molecule has 0 spiro atoms. The van der Waals surface area contributed by atoms with Crippen LogP contribution >= 0.6 is 0 Å². The number of hydrogen-bond acceptors (Lipinski definition) is 2. The second-order valence-electron chi connectivity index (χ2n) is 4.83. The lowest BCUT2D eigenvalue weighted by Crippen LogP contribution is -2.05. The molecule has 96 valence electrons. The highest BCUT2D eigenvalue weighted by Gasteiger charge is 2.03. The Morgan fingerprint density at radius 3 is 2.33 bits per heavy atom. The first-order valence-corrected chi connectivity index (χ1v) is 6.42. The smallest absolute Gasteiger partial charge is 0.0625 e. The van der Waals surface area contributed by atoms with Gasteiger partial charge in [-0.15, -0.1) is 0 Å². The molecule has 0 saturated carbocycles. The van der Waals surface area contributed by atoms with Crippen LogP contribution < -0.4 is 5.32 Å². The molecule has 0 bridgehead atoms. The van der Waals surface area contributed by atoms with Crippen molar-refractivity contribution in [3.8, 4) is 0 Å². The van der Waals surface area contributed by atoms with Gasteiger partial charge in [-0.05, 0) is 49.6 Å². The minimum absolute atomic E-state index is 0.812. The van der Waals surface area contributed by atoms with Crippen LogP contribution in [0.25, 0.3) is 0 Å². The van der Waals surface area contributed by atoms with Crippen LogP contribution in [0.1, 0.15) is 29.4 Å².